The van der Waals surface area contributed by atoms with Crippen molar-refractivity contribution in [1.29, 1.82) is 5.26 Å². The van der Waals surface area contributed by atoms with Gasteiger partial charge in [0.05, 0.1) is 25.9 Å². The number of nitrogens with zero attached hydrogens (tertiary/aromatic N) is 1. The average molecular weight is 395 g/mol. The van der Waals surface area contributed by atoms with E-state index in [1.165, 1.54) is 6.92 Å². The van der Waals surface area contributed by atoms with E-state index >= 15 is 0 Å². The molecular formula is C20H29NO7. The smallest absolute Gasteiger partial charge is 0.326 e. The van der Waals surface area contributed by atoms with Crippen molar-refractivity contribution in [2.24, 2.45) is 22.7 Å². The maximum atomic E-state index is 13.1. The van der Waals surface area contributed by atoms with Crippen molar-refractivity contribution in [1.82, 2.24) is 0 Å². The Bertz CT molecular complexity index is 648. The summed E-state index contributed by atoms with van der Waals surface area (Å²) in [5, 5.41) is 10.00. The molecule has 0 saturated heterocycles. The Labute approximate surface area is 165 Å². The second kappa shape index (κ2) is 9.67. The van der Waals surface area contributed by atoms with Gasteiger partial charge >= 0.3 is 17.9 Å². The zero-order chi connectivity index (χ0) is 21.5. The van der Waals surface area contributed by atoms with Crippen LogP contribution in [-0.4, -0.2) is 43.5 Å². The molecule has 0 unspecified atom stereocenters. The number of esters is 3. The fraction of sp³-hybridized carbons (Fsp3) is 0.750. The normalized spacial score (nSPS) is 25.9. The molecule has 0 spiro atoms. The first-order valence-corrected chi connectivity index (χ1v) is 9.61. The van der Waals surface area contributed by atoms with Crippen LogP contribution in [-0.2, 0) is 33.4 Å². The largest absolute Gasteiger partial charge is 0.465 e. The van der Waals surface area contributed by atoms with Crippen molar-refractivity contribution in [3.8, 4) is 6.07 Å². The minimum absolute atomic E-state index is 0.00153. The van der Waals surface area contributed by atoms with Crippen LogP contribution in [0.25, 0.3) is 0 Å². The van der Waals surface area contributed by atoms with Gasteiger partial charge in [-0.3, -0.25) is 14.4 Å². The molecule has 1 aliphatic carbocycles. The van der Waals surface area contributed by atoms with E-state index in [2.05, 4.69) is 0 Å². The third-order valence-electron chi connectivity index (χ3n) is 5.45. The van der Waals surface area contributed by atoms with E-state index in [1.807, 2.05) is 6.07 Å². The number of nitriles is 1. The van der Waals surface area contributed by atoms with Crippen LogP contribution in [0.4, 0.5) is 0 Å². The Morgan fingerprint density at radius 2 is 1.43 bits per heavy atom. The Hall–Kier alpha value is -2.43. The Kier molecular flexibility index (Phi) is 8.15. The number of carbonyl (C=O) groups excluding carboxylic acids is 4. The molecule has 1 aliphatic rings. The highest BCUT2D eigenvalue weighted by Crippen LogP contribution is 2.57. The molecule has 3 atom stereocenters. The van der Waals surface area contributed by atoms with Crippen LogP contribution in [0.3, 0.4) is 0 Å². The van der Waals surface area contributed by atoms with E-state index < -0.39 is 40.6 Å². The van der Waals surface area contributed by atoms with Gasteiger partial charge in [0.1, 0.15) is 5.78 Å². The standard InChI is InChI=1S/C20H29NO7/c1-6-26-16(23)19(12-21)10-9-13(4)20(17(24)27-7-2,18(25)28-8-3)15(19)11-14(5)22/h13,15H,6-11H2,1-5H3/t13-,15-,19-/m0/s1. The Morgan fingerprint density at radius 1 is 0.964 bits per heavy atom. The monoisotopic (exact) mass is 395 g/mol. The van der Waals surface area contributed by atoms with Gasteiger partial charge in [-0.2, -0.15) is 5.26 Å². The summed E-state index contributed by atoms with van der Waals surface area (Å²) in [6.07, 6.45) is -0.0330. The van der Waals surface area contributed by atoms with Crippen LogP contribution in [0.5, 0.6) is 0 Å². The predicted octanol–water partition coefficient (Wildman–Crippen LogP) is 2.20. The van der Waals surface area contributed by atoms with Crippen LogP contribution in [0, 0.1) is 34.0 Å². The van der Waals surface area contributed by atoms with Gasteiger partial charge in [-0.25, -0.2) is 0 Å². The summed E-state index contributed by atoms with van der Waals surface area (Å²) in [7, 11) is 0. The molecule has 0 aliphatic heterocycles. The fourth-order valence-corrected chi connectivity index (χ4v) is 4.16. The summed E-state index contributed by atoms with van der Waals surface area (Å²) in [6, 6.07) is 1.98. The summed E-state index contributed by atoms with van der Waals surface area (Å²) in [6.45, 7) is 7.76. The van der Waals surface area contributed by atoms with E-state index in [-0.39, 0.29) is 44.9 Å². The topological polar surface area (TPSA) is 120 Å². The molecule has 0 amide bonds. The number of ketones is 1. The van der Waals surface area contributed by atoms with Gasteiger partial charge in [-0.15, -0.1) is 0 Å². The lowest BCUT2D eigenvalue weighted by molar-refractivity contribution is -0.196. The number of hydrogen-bond donors (Lipinski definition) is 0. The number of rotatable bonds is 8. The molecule has 28 heavy (non-hydrogen) atoms. The Balaban J connectivity index is 3.80. The first-order chi connectivity index (χ1) is 13.2. The summed E-state index contributed by atoms with van der Waals surface area (Å²) >= 11 is 0. The highest BCUT2D eigenvalue weighted by atomic mass is 16.6. The lowest BCUT2D eigenvalue weighted by Crippen LogP contribution is -2.62. The predicted molar refractivity (Wildman–Crippen MR) is 97.6 cm³/mol. The van der Waals surface area contributed by atoms with E-state index in [4.69, 9.17) is 14.2 Å². The van der Waals surface area contributed by atoms with Gasteiger partial charge in [0.2, 0.25) is 0 Å². The minimum Gasteiger partial charge on any atom is -0.465 e. The van der Waals surface area contributed by atoms with Crippen LogP contribution >= 0.6 is 0 Å². The van der Waals surface area contributed by atoms with Crippen molar-refractivity contribution >= 4 is 23.7 Å². The summed E-state index contributed by atoms with van der Waals surface area (Å²) < 4.78 is 15.5. The van der Waals surface area contributed by atoms with Gasteiger partial charge < -0.3 is 19.0 Å². The Morgan fingerprint density at radius 3 is 1.82 bits per heavy atom. The third-order valence-corrected chi connectivity index (χ3v) is 5.45. The quantitative estimate of drug-likeness (QED) is 0.348. The molecular weight excluding hydrogens is 366 g/mol. The van der Waals surface area contributed by atoms with Crippen molar-refractivity contribution in [2.75, 3.05) is 19.8 Å². The fourth-order valence-electron chi connectivity index (χ4n) is 4.16. The van der Waals surface area contributed by atoms with E-state index in [9.17, 15) is 24.4 Å². The third kappa shape index (κ3) is 3.89. The SMILES string of the molecule is CCOC(=O)C1(C(=O)OCC)[C@@H](CC(C)=O)[C@](C#N)(C(=O)OCC)CC[C@@H]1C. The zero-order valence-electron chi connectivity index (χ0n) is 17.2. The summed E-state index contributed by atoms with van der Waals surface area (Å²) in [4.78, 5) is 51.2. The molecule has 0 radical (unpaired) electrons. The van der Waals surface area contributed by atoms with Crippen molar-refractivity contribution in [3.63, 3.8) is 0 Å². The molecule has 8 heteroatoms. The molecule has 1 fully saturated rings. The number of Topliss-reactive ketones (excluding diaryl/α,β-unsaturated/α-hetero) is 1. The maximum Gasteiger partial charge on any atom is 0.326 e. The second-order valence-corrected chi connectivity index (χ2v) is 7.01. The molecule has 156 valence electrons. The first kappa shape index (κ1) is 23.6. The van der Waals surface area contributed by atoms with Crippen LogP contribution in [0.2, 0.25) is 0 Å². The molecule has 1 saturated carbocycles. The maximum absolute atomic E-state index is 13.1. The highest BCUT2D eigenvalue weighted by Gasteiger charge is 2.69. The summed E-state index contributed by atoms with van der Waals surface area (Å²) in [5.74, 6) is -4.80. The van der Waals surface area contributed by atoms with E-state index in [0.29, 0.717) is 0 Å². The second-order valence-electron chi connectivity index (χ2n) is 7.01. The number of carbonyl (C=O) groups is 4. The molecule has 0 heterocycles. The molecule has 0 aromatic rings. The van der Waals surface area contributed by atoms with Gasteiger partial charge in [0.25, 0.3) is 0 Å². The zero-order valence-corrected chi connectivity index (χ0v) is 17.2. The lowest BCUT2D eigenvalue weighted by atomic mass is 9.49. The minimum atomic E-state index is -1.95. The molecule has 8 nitrogen and oxygen atoms in total. The number of hydrogen-bond acceptors (Lipinski definition) is 8. The van der Waals surface area contributed by atoms with Gasteiger partial charge in [-0.1, -0.05) is 6.92 Å². The van der Waals surface area contributed by atoms with Crippen molar-refractivity contribution in [3.05, 3.63) is 0 Å². The van der Waals surface area contributed by atoms with Gasteiger partial charge in [-0.05, 0) is 46.5 Å². The van der Waals surface area contributed by atoms with Crippen LogP contribution in [0.15, 0.2) is 0 Å². The average Bonchev–Trinajstić information content (AvgIpc) is 2.63. The molecule has 0 aromatic heterocycles. The molecule has 1 rings (SSSR count). The van der Waals surface area contributed by atoms with E-state index in [1.54, 1.807) is 27.7 Å². The van der Waals surface area contributed by atoms with Crippen LogP contribution < -0.4 is 0 Å². The highest BCUT2D eigenvalue weighted by molar-refractivity contribution is 6.03. The van der Waals surface area contributed by atoms with E-state index in [0.717, 1.165) is 0 Å². The molecule has 0 bridgehead atoms. The molecule has 0 aromatic carbocycles. The summed E-state index contributed by atoms with van der Waals surface area (Å²) in [5.41, 5.74) is -3.77. The van der Waals surface area contributed by atoms with Crippen molar-refractivity contribution < 1.29 is 33.4 Å². The lowest BCUT2D eigenvalue weighted by Gasteiger charge is -2.50. The molecule has 0 N–H and O–H groups in total. The van der Waals surface area contributed by atoms with Crippen LogP contribution in [0.1, 0.15) is 53.9 Å². The van der Waals surface area contributed by atoms with Gasteiger partial charge in [0.15, 0.2) is 10.8 Å². The van der Waals surface area contributed by atoms with Crippen molar-refractivity contribution in [2.45, 2.75) is 53.9 Å². The number of ether oxygens (including phenoxy) is 3. The van der Waals surface area contributed by atoms with Gasteiger partial charge in [0, 0.05) is 12.3 Å². The first-order valence-electron chi connectivity index (χ1n) is 9.61.